The molecule has 1 amide bonds. The monoisotopic (exact) mass is 302 g/mol. The summed E-state index contributed by atoms with van der Waals surface area (Å²) in [5.74, 6) is -0.162. The molecule has 1 N–H and O–H groups in total. The first-order chi connectivity index (χ1) is 8.00. The fraction of sp³-hybridized carbons (Fsp3) is 0.417. The van der Waals surface area contributed by atoms with Crippen molar-refractivity contribution >= 4 is 27.5 Å². The molecule has 3 nitrogen and oxygen atoms in total. The molecule has 0 aliphatic rings. The molecule has 0 aliphatic heterocycles. The van der Waals surface area contributed by atoms with Crippen LogP contribution in [-0.4, -0.2) is 31.4 Å². The van der Waals surface area contributed by atoms with Crippen molar-refractivity contribution in [1.82, 2.24) is 4.90 Å². The normalized spacial score (nSPS) is 10.1. The third kappa shape index (κ3) is 4.73. The van der Waals surface area contributed by atoms with Crippen molar-refractivity contribution < 1.29 is 9.18 Å². The maximum atomic E-state index is 13.0. The molecule has 0 radical (unpaired) electrons. The Morgan fingerprint density at radius 3 is 2.76 bits per heavy atom. The second-order valence-electron chi connectivity index (χ2n) is 3.95. The molecule has 0 spiro atoms. The van der Waals surface area contributed by atoms with E-state index < -0.39 is 0 Å². The number of hydrogen-bond acceptors (Lipinski definition) is 2. The zero-order valence-corrected chi connectivity index (χ0v) is 11.6. The van der Waals surface area contributed by atoms with E-state index in [1.165, 1.54) is 6.07 Å². The molecule has 0 aromatic heterocycles. The molecule has 0 fully saturated rings. The first-order valence-corrected chi connectivity index (χ1v) is 6.19. The highest BCUT2D eigenvalue weighted by Crippen LogP contribution is 2.19. The van der Waals surface area contributed by atoms with Gasteiger partial charge in [-0.2, -0.15) is 0 Å². The van der Waals surface area contributed by atoms with E-state index in [1.54, 1.807) is 31.1 Å². The highest BCUT2D eigenvalue weighted by molar-refractivity contribution is 9.10. The fourth-order valence-corrected chi connectivity index (χ4v) is 1.68. The number of nitrogens with zero attached hydrogens (tertiary/aromatic N) is 1. The van der Waals surface area contributed by atoms with Crippen LogP contribution in [-0.2, 0) is 4.79 Å². The molecule has 0 unspecified atom stereocenters. The van der Waals surface area contributed by atoms with Crippen LogP contribution in [0.15, 0.2) is 22.7 Å². The minimum absolute atomic E-state index is 0.118. The molecule has 1 rings (SSSR count). The Kier molecular flexibility index (Phi) is 5.41. The highest BCUT2D eigenvalue weighted by atomic mass is 79.9. The van der Waals surface area contributed by atoms with E-state index in [2.05, 4.69) is 21.2 Å². The summed E-state index contributed by atoms with van der Waals surface area (Å²) in [4.78, 5) is 12.9. The highest BCUT2D eigenvalue weighted by Gasteiger charge is 2.03. The lowest BCUT2D eigenvalue weighted by Gasteiger charge is -2.10. The van der Waals surface area contributed by atoms with E-state index in [0.29, 0.717) is 17.4 Å². The van der Waals surface area contributed by atoms with Crippen molar-refractivity contribution in [3.05, 3.63) is 28.5 Å². The van der Waals surface area contributed by atoms with Crippen LogP contribution in [0.4, 0.5) is 10.1 Å². The van der Waals surface area contributed by atoms with Crippen LogP contribution in [0.1, 0.15) is 12.8 Å². The average Bonchev–Trinajstić information content (AvgIpc) is 2.28. The van der Waals surface area contributed by atoms with Crippen LogP contribution in [0.3, 0.4) is 0 Å². The van der Waals surface area contributed by atoms with Crippen molar-refractivity contribution in [3.8, 4) is 0 Å². The van der Waals surface area contributed by atoms with Gasteiger partial charge in [0, 0.05) is 32.7 Å². The average molecular weight is 303 g/mol. The Morgan fingerprint density at radius 1 is 1.47 bits per heavy atom. The zero-order chi connectivity index (χ0) is 12.8. The maximum absolute atomic E-state index is 13.0. The summed E-state index contributed by atoms with van der Waals surface area (Å²) in [6, 6.07) is 4.76. The van der Waals surface area contributed by atoms with Crippen molar-refractivity contribution in [2.45, 2.75) is 12.8 Å². The Hall–Kier alpha value is -1.10. The third-order valence-corrected chi connectivity index (χ3v) is 2.92. The predicted molar refractivity (Wildman–Crippen MR) is 70.5 cm³/mol. The Balaban J connectivity index is 2.31. The first kappa shape index (κ1) is 14.0. The SMILES string of the molecule is CN(C)C(=O)CCCNc1ccc(F)c(Br)c1. The van der Waals surface area contributed by atoms with Crippen LogP contribution < -0.4 is 5.32 Å². The summed E-state index contributed by atoms with van der Waals surface area (Å²) in [5, 5.41) is 3.14. The van der Waals surface area contributed by atoms with Gasteiger partial charge in [0.05, 0.1) is 4.47 Å². The van der Waals surface area contributed by atoms with E-state index in [0.717, 1.165) is 12.1 Å². The Bertz CT molecular complexity index is 396. The van der Waals surface area contributed by atoms with Gasteiger partial charge in [0.1, 0.15) is 5.82 Å². The number of hydrogen-bond donors (Lipinski definition) is 1. The summed E-state index contributed by atoms with van der Waals surface area (Å²) in [5.41, 5.74) is 0.843. The summed E-state index contributed by atoms with van der Waals surface area (Å²) in [7, 11) is 3.49. The molecular formula is C12H16BrFN2O. The standard InChI is InChI=1S/C12H16BrFN2O/c1-16(2)12(17)4-3-7-15-9-5-6-11(14)10(13)8-9/h5-6,8,15H,3-4,7H2,1-2H3. The molecule has 17 heavy (non-hydrogen) atoms. The molecule has 0 saturated carbocycles. The van der Waals surface area contributed by atoms with Crippen molar-refractivity contribution in [2.24, 2.45) is 0 Å². The van der Waals surface area contributed by atoms with Gasteiger partial charge in [-0.05, 0) is 40.5 Å². The van der Waals surface area contributed by atoms with Gasteiger partial charge < -0.3 is 10.2 Å². The van der Waals surface area contributed by atoms with Crippen LogP contribution in [0.5, 0.6) is 0 Å². The van der Waals surface area contributed by atoms with Crippen molar-refractivity contribution in [2.75, 3.05) is 26.0 Å². The summed E-state index contributed by atoms with van der Waals surface area (Å²) < 4.78 is 13.4. The molecule has 5 heteroatoms. The van der Waals surface area contributed by atoms with E-state index in [1.807, 2.05) is 0 Å². The molecule has 1 aromatic rings. The largest absolute Gasteiger partial charge is 0.385 e. The van der Waals surface area contributed by atoms with E-state index in [-0.39, 0.29) is 11.7 Å². The maximum Gasteiger partial charge on any atom is 0.222 e. The van der Waals surface area contributed by atoms with Crippen LogP contribution in [0.25, 0.3) is 0 Å². The van der Waals surface area contributed by atoms with Crippen molar-refractivity contribution in [1.29, 1.82) is 0 Å². The Labute approximate surface area is 109 Å². The van der Waals surface area contributed by atoms with Crippen LogP contribution >= 0.6 is 15.9 Å². The summed E-state index contributed by atoms with van der Waals surface area (Å²) >= 11 is 3.12. The lowest BCUT2D eigenvalue weighted by molar-refractivity contribution is -0.128. The number of carbonyl (C=O) groups is 1. The number of anilines is 1. The minimum atomic E-state index is -0.279. The zero-order valence-electron chi connectivity index (χ0n) is 9.96. The fourth-order valence-electron chi connectivity index (χ4n) is 1.30. The number of carbonyl (C=O) groups excluding carboxylic acids is 1. The molecule has 0 bridgehead atoms. The van der Waals surface area contributed by atoms with Crippen LogP contribution in [0, 0.1) is 5.82 Å². The number of amides is 1. The Morgan fingerprint density at radius 2 is 2.18 bits per heavy atom. The lowest BCUT2D eigenvalue weighted by atomic mass is 10.2. The van der Waals surface area contributed by atoms with Crippen LogP contribution in [0.2, 0.25) is 0 Å². The summed E-state index contributed by atoms with van der Waals surface area (Å²) in [6.07, 6.45) is 1.27. The molecule has 0 saturated heterocycles. The van der Waals surface area contributed by atoms with Gasteiger partial charge in [0.25, 0.3) is 0 Å². The quantitative estimate of drug-likeness (QED) is 0.848. The first-order valence-electron chi connectivity index (χ1n) is 5.40. The third-order valence-electron chi connectivity index (χ3n) is 2.31. The smallest absolute Gasteiger partial charge is 0.222 e. The predicted octanol–water partition coefficient (Wildman–Crippen LogP) is 2.87. The van der Waals surface area contributed by atoms with Gasteiger partial charge in [-0.25, -0.2) is 4.39 Å². The molecule has 1 aromatic carbocycles. The van der Waals surface area contributed by atoms with E-state index >= 15 is 0 Å². The topological polar surface area (TPSA) is 32.3 Å². The number of benzene rings is 1. The molecule has 94 valence electrons. The second-order valence-corrected chi connectivity index (χ2v) is 4.80. The molecular weight excluding hydrogens is 287 g/mol. The van der Waals surface area contributed by atoms with Gasteiger partial charge in [-0.3, -0.25) is 4.79 Å². The number of halogens is 2. The number of nitrogens with one attached hydrogen (secondary N) is 1. The second kappa shape index (κ2) is 6.59. The lowest BCUT2D eigenvalue weighted by Crippen LogP contribution is -2.22. The van der Waals surface area contributed by atoms with E-state index in [4.69, 9.17) is 0 Å². The molecule has 0 atom stereocenters. The molecule has 0 aliphatic carbocycles. The summed E-state index contributed by atoms with van der Waals surface area (Å²) in [6.45, 7) is 0.692. The van der Waals surface area contributed by atoms with Gasteiger partial charge in [-0.15, -0.1) is 0 Å². The van der Waals surface area contributed by atoms with Gasteiger partial charge in [0.2, 0.25) is 5.91 Å². The number of rotatable bonds is 5. The van der Waals surface area contributed by atoms with Gasteiger partial charge >= 0.3 is 0 Å². The minimum Gasteiger partial charge on any atom is -0.385 e. The van der Waals surface area contributed by atoms with Gasteiger partial charge in [-0.1, -0.05) is 0 Å². The van der Waals surface area contributed by atoms with E-state index in [9.17, 15) is 9.18 Å². The van der Waals surface area contributed by atoms with Crippen molar-refractivity contribution in [3.63, 3.8) is 0 Å². The van der Waals surface area contributed by atoms with Gasteiger partial charge in [0.15, 0.2) is 0 Å². The molecule has 0 heterocycles.